The molecule has 1 fully saturated rings. The number of hydrogen-bond donors (Lipinski definition) is 0. The van der Waals surface area contributed by atoms with Crippen molar-refractivity contribution < 1.29 is 23.8 Å². The van der Waals surface area contributed by atoms with Crippen LogP contribution < -0.4 is 4.74 Å². The largest absolute Gasteiger partial charge is 0.463 e. The van der Waals surface area contributed by atoms with Crippen molar-refractivity contribution in [3.8, 4) is 5.75 Å². The molecule has 1 aliphatic rings. The second kappa shape index (κ2) is 7.77. The first-order chi connectivity index (χ1) is 12.1. The van der Waals surface area contributed by atoms with Crippen molar-refractivity contribution in [2.45, 2.75) is 12.5 Å². The first-order valence-electron chi connectivity index (χ1n) is 7.95. The van der Waals surface area contributed by atoms with Crippen molar-refractivity contribution >= 4 is 18.0 Å². The lowest BCUT2D eigenvalue weighted by Gasteiger charge is -2.07. The molecule has 1 heterocycles. The van der Waals surface area contributed by atoms with Crippen LogP contribution in [-0.4, -0.2) is 31.3 Å². The maximum Gasteiger partial charge on any atom is 0.343 e. The van der Waals surface area contributed by atoms with Gasteiger partial charge in [0.2, 0.25) is 0 Å². The fraction of sp³-hybridized carbons (Fsp3) is 0.200. The van der Waals surface area contributed by atoms with Gasteiger partial charge in [-0.15, -0.1) is 0 Å². The Bertz CT molecular complexity index is 775. The van der Waals surface area contributed by atoms with E-state index in [2.05, 4.69) is 6.58 Å². The highest BCUT2D eigenvalue weighted by atomic mass is 16.6. The van der Waals surface area contributed by atoms with Gasteiger partial charge in [-0.05, 0) is 35.4 Å². The second-order valence-electron chi connectivity index (χ2n) is 5.68. The molecule has 0 aromatic heterocycles. The molecular weight excluding hydrogens is 320 g/mol. The standard InChI is InChI=1S/C20H18O5/c1-2-14-4-3-5-16(10-14)20(22)25-17-8-6-15(7-9-17)11-19(21)24-13-18-12-23-18/h2-10,18H,1,11-13H2. The van der Waals surface area contributed by atoms with Crippen LogP contribution in [-0.2, 0) is 20.7 Å². The minimum Gasteiger partial charge on any atom is -0.463 e. The van der Waals surface area contributed by atoms with Crippen molar-refractivity contribution in [1.29, 1.82) is 0 Å². The van der Waals surface area contributed by atoms with Gasteiger partial charge in [0, 0.05) is 0 Å². The van der Waals surface area contributed by atoms with E-state index >= 15 is 0 Å². The van der Waals surface area contributed by atoms with Crippen LogP contribution in [0.25, 0.3) is 6.08 Å². The summed E-state index contributed by atoms with van der Waals surface area (Å²) < 4.78 is 15.4. The van der Waals surface area contributed by atoms with Gasteiger partial charge >= 0.3 is 11.9 Å². The average Bonchev–Trinajstić information content (AvgIpc) is 3.46. The zero-order valence-electron chi connectivity index (χ0n) is 13.6. The summed E-state index contributed by atoms with van der Waals surface area (Å²) in [4.78, 5) is 23.8. The molecule has 0 N–H and O–H groups in total. The van der Waals surface area contributed by atoms with Crippen LogP contribution in [0, 0.1) is 0 Å². The van der Waals surface area contributed by atoms with E-state index in [0.29, 0.717) is 24.5 Å². The predicted octanol–water partition coefficient (Wildman–Crippen LogP) is 3.03. The SMILES string of the molecule is C=Cc1cccc(C(=O)Oc2ccc(CC(=O)OCC3CO3)cc2)c1. The van der Waals surface area contributed by atoms with Crippen LogP contribution in [0.15, 0.2) is 55.1 Å². The zero-order chi connectivity index (χ0) is 17.6. The third kappa shape index (κ3) is 5.02. The molecule has 25 heavy (non-hydrogen) atoms. The number of rotatable bonds is 7. The molecule has 0 saturated carbocycles. The van der Waals surface area contributed by atoms with Crippen LogP contribution >= 0.6 is 0 Å². The Kier molecular flexibility index (Phi) is 5.26. The number of ether oxygens (including phenoxy) is 3. The van der Waals surface area contributed by atoms with E-state index in [1.807, 2.05) is 6.07 Å². The topological polar surface area (TPSA) is 65.1 Å². The van der Waals surface area contributed by atoms with Crippen molar-refractivity contribution in [3.63, 3.8) is 0 Å². The number of benzene rings is 2. The summed E-state index contributed by atoms with van der Waals surface area (Å²) in [7, 11) is 0. The Labute approximate surface area is 145 Å². The smallest absolute Gasteiger partial charge is 0.343 e. The first-order valence-corrected chi connectivity index (χ1v) is 7.95. The monoisotopic (exact) mass is 338 g/mol. The van der Waals surface area contributed by atoms with Gasteiger partial charge in [-0.2, -0.15) is 0 Å². The van der Waals surface area contributed by atoms with Crippen LogP contribution in [0.1, 0.15) is 21.5 Å². The Morgan fingerprint density at radius 3 is 2.64 bits per heavy atom. The van der Waals surface area contributed by atoms with Crippen LogP contribution in [0.2, 0.25) is 0 Å². The Hall–Kier alpha value is -2.92. The summed E-state index contributed by atoms with van der Waals surface area (Å²) in [6, 6.07) is 13.8. The summed E-state index contributed by atoms with van der Waals surface area (Å²) in [5, 5.41) is 0. The lowest BCUT2D eigenvalue weighted by Crippen LogP contribution is -2.12. The molecule has 2 aromatic carbocycles. The fourth-order valence-corrected chi connectivity index (χ4v) is 2.20. The predicted molar refractivity (Wildman–Crippen MR) is 92.3 cm³/mol. The summed E-state index contributed by atoms with van der Waals surface area (Å²) in [6.45, 7) is 4.64. The molecule has 3 rings (SSSR count). The van der Waals surface area contributed by atoms with E-state index in [1.165, 1.54) is 0 Å². The minimum atomic E-state index is -0.444. The van der Waals surface area contributed by atoms with Crippen molar-refractivity contribution in [2.75, 3.05) is 13.2 Å². The van der Waals surface area contributed by atoms with Crippen molar-refractivity contribution in [2.24, 2.45) is 0 Å². The van der Waals surface area contributed by atoms with Gasteiger partial charge in [0.05, 0.1) is 18.6 Å². The number of carbonyl (C=O) groups excluding carboxylic acids is 2. The normalized spacial score (nSPS) is 15.3. The van der Waals surface area contributed by atoms with E-state index in [1.54, 1.807) is 48.5 Å². The van der Waals surface area contributed by atoms with E-state index < -0.39 is 5.97 Å². The minimum absolute atomic E-state index is 0.0605. The molecule has 1 unspecified atom stereocenters. The number of esters is 2. The number of epoxide rings is 1. The highest BCUT2D eigenvalue weighted by Crippen LogP contribution is 2.16. The molecule has 0 spiro atoms. The van der Waals surface area contributed by atoms with E-state index in [-0.39, 0.29) is 18.5 Å². The molecule has 2 aromatic rings. The van der Waals surface area contributed by atoms with Gasteiger partial charge in [-0.3, -0.25) is 4.79 Å². The van der Waals surface area contributed by atoms with Crippen molar-refractivity contribution in [1.82, 2.24) is 0 Å². The Morgan fingerprint density at radius 2 is 1.96 bits per heavy atom. The molecule has 1 aliphatic heterocycles. The molecule has 5 heteroatoms. The third-order valence-electron chi connectivity index (χ3n) is 3.67. The van der Waals surface area contributed by atoms with Crippen LogP contribution in [0.3, 0.4) is 0 Å². The highest BCUT2D eigenvalue weighted by molar-refractivity contribution is 5.91. The lowest BCUT2D eigenvalue weighted by molar-refractivity contribution is -0.143. The molecule has 128 valence electrons. The summed E-state index contributed by atoms with van der Waals surface area (Å²) >= 11 is 0. The zero-order valence-corrected chi connectivity index (χ0v) is 13.6. The fourth-order valence-electron chi connectivity index (χ4n) is 2.20. The third-order valence-corrected chi connectivity index (χ3v) is 3.67. The molecule has 0 aliphatic carbocycles. The molecule has 1 saturated heterocycles. The van der Waals surface area contributed by atoms with Gasteiger partial charge in [0.25, 0.3) is 0 Å². The molecule has 5 nitrogen and oxygen atoms in total. The van der Waals surface area contributed by atoms with Crippen LogP contribution in [0.5, 0.6) is 5.75 Å². The molecule has 1 atom stereocenters. The Balaban J connectivity index is 1.55. The van der Waals surface area contributed by atoms with Gasteiger partial charge in [0.1, 0.15) is 18.5 Å². The van der Waals surface area contributed by atoms with Gasteiger partial charge < -0.3 is 14.2 Å². The van der Waals surface area contributed by atoms with Gasteiger partial charge in [-0.25, -0.2) is 4.79 Å². The first kappa shape index (κ1) is 16.9. The summed E-state index contributed by atoms with van der Waals surface area (Å²) in [5.74, 6) is -0.334. The number of carbonyl (C=O) groups is 2. The van der Waals surface area contributed by atoms with Crippen molar-refractivity contribution in [3.05, 3.63) is 71.8 Å². The van der Waals surface area contributed by atoms with E-state index in [9.17, 15) is 9.59 Å². The highest BCUT2D eigenvalue weighted by Gasteiger charge is 2.24. The lowest BCUT2D eigenvalue weighted by atomic mass is 10.1. The quantitative estimate of drug-likeness (QED) is 0.441. The summed E-state index contributed by atoms with van der Waals surface area (Å²) in [6.07, 6.45) is 1.90. The molecule has 0 amide bonds. The van der Waals surface area contributed by atoms with Crippen LogP contribution in [0.4, 0.5) is 0 Å². The van der Waals surface area contributed by atoms with E-state index in [4.69, 9.17) is 14.2 Å². The average molecular weight is 338 g/mol. The second-order valence-corrected chi connectivity index (χ2v) is 5.68. The van der Waals surface area contributed by atoms with Gasteiger partial charge in [0.15, 0.2) is 0 Å². The molecule has 0 radical (unpaired) electrons. The van der Waals surface area contributed by atoms with Gasteiger partial charge in [-0.1, -0.05) is 36.9 Å². The maximum absolute atomic E-state index is 12.2. The summed E-state index contributed by atoms with van der Waals surface area (Å²) in [5.41, 5.74) is 2.09. The molecular formula is C20H18O5. The maximum atomic E-state index is 12.2. The van der Waals surface area contributed by atoms with E-state index in [0.717, 1.165) is 11.1 Å². The Morgan fingerprint density at radius 1 is 1.20 bits per heavy atom. The molecule has 0 bridgehead atoms. The number of hydrogen-bond acceptors (Lipinski definition) is 5.